The van der Waals surface area contributed by atoms with Crippen molar-refractivity contribution >= 4 is 45.0 Å². The third-order valence-corrected chi connectivity index (χ3v) is 7.25. The minimum absolute atomic E-state index is 1.02. The van der Waals surface area contributed by atoms with E-state index in [0.717, 1.165) is 33.0 Å². The largest absolute Gasteiger partial charge is 0.239 e. The molecular formula is C25H24N2S2. The third kappa shape index (κ3) is 4.49. The van der Waals surface area contributed by atoms with Crippen LogP contribution in [0.15, 0.2) is 76.7 Å². The summed E-state index contributed by atoms with van der Waals surface area (Å²) < 4.78 is 0. The molecule has 1 aliphatic rings. The highest BCUT2D eigenvalue weighted by molar-refractivity contribution is 8.27. The van der Waals surface area contributed by atoms with Gasteiger partial charge in [0.25, 0.3) is 0 Å². The summed E-state index contributed by atoms with van der Waals surface area (Å²) in [6.45, 7) is 6.38. The molecule has 0 unspecified atom stereocenters. The average Bonchev–Trinajstić information content (AvgIpc) is 2.74. The highest BCUT2D eigenvalue weighted by Crippen LogP contribution is 2.36. The Kier molecular flexibility index (Phi) is 6.22. The van der Waals surface area contributed by atoms with Crippen molar-refractivity contribution in [3.63, 3.8) is 0 Å². The molecule has 3 aromatic carbocycles. The van der Waals surface area contributed by atoms with Crippen LogP contribution in [0.3, 0.4) is 0 Å². The van der Waals surface area contributed by atoms with Crippen molar-refractivity contribution < 1.29 is 0 Å². The van der Waals surface area contributed by atoms with Gasteiger partial charge in [0.2, 0.25) is 0 Å². The summed E-state index contributed by atoms with van der Waals surface area (Å²) in [7, 11) is 0. The fourth-order valence-corrected chi connectivity index (χ4v) is 5.46. The van der Waals surface area contributed by atoms with Crippen LogP contribution in [0.4, 0.5) is 11.4 Å². The van der Waals surface area contributed by atoms with Crippen molar-refractivity contribution in [1.82, 2.24) is 0 Å². The molecule has 2 nitrogen and oxygen atoms in total. The normalized spacial score (nSPS) is 17.1. The Balaban J connectivity index is 1.82. The van der Waals surface area contributed by atoms with Gasteiger partial charge in [0.15, 0.2) is 0 Å². The van der Waals surface area contributed by atoms with Gasteiger partial charge < -0.3 is 0 Å². The molecule has 146 valence electrons. The van der Waals surface area contributed by atoms with Crippen LogP contribution in [0.2, 0.25) is 0 Å². The number of nitrogens with zero attached hydrogens (tertiary/aromatic N) is 2. The highest BCUT2D eigenvalue weighted by atomic mass is 32.2. The Morgan fingerprint density at radius 3 is 1.72 bits per heavy atom. The van der Waals surface area contributed by atoms with Gasteiger partial charge in [-0.15, -0.1) is 23.5 Å². The van der Waals surface area contributed by atoms with Crippen molar-refractivity contribution in [3.8, 4) is 11.1 Å². The van der Waals surface area contributed by atoms with Crippen LogP contribution in [-0.2, 0) is 0 Å². The minimum Gasteiger partial charge on any atom is -0.239 e. The van der Waals surface area contributed by atoms with Crippen LogP contribution in [0.5, 0.6) is 0 Å². The number of benzene rings is 3. The minimum atomic E-state index is 1.02. The number of hydrogen-bond donors (Lipinski definition) is 0. The molecule has 1 aliphatic heterocycles. The fourth-order valence-electron chi connectivity index (χ4n) is 3.40. The molecule has 0 aliphatic carbocycles. The Hall–Kier alpha value is -2.30. The summed E-state index contributed by atoms with van der Waals surface area (Å²) in [5, 5.41) is 2.05. The van der Waals surface area contributed by atoms with Gasteiger partial charge in [-0.2, -0.15) is 0 Å². The highest BCUT2D eigenvalue weighted by Gasteiger charge is 2.19. The summed E-state index contributed by atoms with van der Waals surface area (Å²) in [6.07, 6.45) is 0. The molecular weight excluding hydrogens is 392 g/mol. The van der Waals surface area contributed by atoms with E-state index in [9.17, 15) is 0 Å². The van der Waals surface area contributed by atoms with E-state index in [1.807, 2.05) is 29.6 Å². The fraction of sp³-hybridized carbons (Fsp3) is 0.200. The van der Waals surface area contributed by atoms with E-state index in [1.54, 1.807) is 0 Å². The van der Waals surface area contributed by atoms with Crippen molar-refractivity contribution in [1.29, 1.82) is 0 Å². The molecule has 29 heavy (non-hydrogen) atoms. The molecule has 1 saturated heterocycles. The quantitative estimate of drug-likeness (QED) is 0.441. The maximum absolute atomic E-state index is 5.16. The van der Waals surface area contributed by atoms with Gasteiger partial charge in [-0.1, -0.05) is 66.7 Å². The van der Waals surface area contributed by atoms with Crippen LogP contribution in [0, 0.1) is 20.8 Å². The second-order valence-electron chi connectivity index (χ2n) is 7.11. The third-order valence-electron chi connectivity index (χ3n) is 4.93. The molecule has 0 radical (unpaired) electrons. The zero-order valence-electron chi connectivity index (χ0n) is 17.0. The van der Waals surface area contributed by atoms with E-state index in [4.69, 9.17) is 9.98 Å². The molecule has 4 rings (SSSR count). The molecule has 0 bridgehead atoms. The van der Waals surface area contributed by atoms with Crippen LogP contribution in [0.1, 0.15) is 16.7 Å². The Bertz CT molecular complexity index is 1060. The zero-order valence-corrected chi connectivity index (χ0v) is 18.6. The van der Waals surface area contributed by atoms with Gasteiger partial charge in [0, 0.05) is 17.1 Å². The Morgan fingerprint density at radius 2 is 1.10 bits per heavy atom. The Morgan fingerprint density at radius 1 is 0.586 bits per heavy atom. The second kappa shape index (κ2) is 9.02. The van der Waals surface area contributed by atoms with Gasteiger partial charge in [0.1, 0.15) is 10.1 Å². The molecule has 0 aromatic heterocycles. The molecule has 0 atom stereocenters. The molecule has 1 fully saturated rings. The molecule has 4 heteroatoms. The lowest BCUT2D eigenvalue weighted by Gasteiger charge is -2.17. The smallest absolute Gasteiger partial charge is 0.129 e. The van der Waals surface area contributed by atoms with Crippen molar-refractivity contribution in [2.75, 3.05) is 11.5 Å². The average molecular weight is 417 g/mol. The van der Waals surface area contributed by atoms with Gasteiger partial charge in [-0.3, -0.25) is 0 Å². The SMILES string of the molecule is Cc1cccc(C)c1N=C1SCCSC1=Nc1c(C)cccc1-c1ccccc1. The maximum atomic E-state index is 5.16. The summed E-state index contributed by atoms with van der Waals surface area (Å²) in [4.78, 5) is 10.2. The lowest BCUT2D eigenvalue weighted by molar-refractivity contribution is 1.33. The first-order valence-electron chi connectivity index (χ1n) is 9.78. The van der Waals surface area contributed by atoms with Gasteiger partial charge in [-0.05, 0) is 43.0 Å². The summed E-state index contributed by atoms with van der Waals surface area (Å²) in [6, 6.07) is 23.2. The van der Waals surface area contributed by atoms with Crippen LogP contribution in [-0.4, -0.2) is 21.6 Å². The number of hydrogen-bond acceptors (Lipinski definition) is 4. The lowest BCUT2D eigenvalue weighted by atomic mass is 10.0. The van der Waals surface area contributed by atoms with Crippen molar-refractivity contribution in [2.45, 2.75) is 20.8 Å². The first-order chi connectivity index (χ1) is 14.1. The molecule has 0 N–H and O–H groups in total. The van der Waals surface area contributed by atoms with Gasteiger partial charge in [0.05, 0.1) is 11.4 Å². The molecule has 0 saturated carbocycles. The van der Waals surface area contributed by atoms with Gasteiger partial charge in [-0.25, -0.2) is 9.98 Å². The van der Waals surface area contributed by atoms with Gasteiger partial charge >= 0.3 is 0 Å². The van der Waals surface area contributed by atoms with Crippen LogP contribution >= 0.6 is 23.5 Å². The van der Waals surface area contributed by atoms with E-state index in [1.165, 1.54) is 27.8 Å². The molecule has 3 aromatic rings. The van der Waals surface area contributed by atoms with E-state index in [2.05, 4.69) is 81.4 Å². The topological polar surface area (TPSA) is 24.7 Å². The monoisotopic (exact) mass is 416 g/mol. The predicted octanol–water partition coefficient (Wildman–Crippen LogP) is 7.52. The summed E-state index contributed by atoms with van der Waals surface area (Å²) >= 11 is 3.62. The van der Waals surface area contributed by atoms with Crippen LogP contribution in [0.25, 0.3) is 11.1 Å². The number of rotatable bonds is 3. The number of aliphatic imine (C=N–C) groups is 2. The van der Waals surface area contributed by atoms with Crippen molar-refractivity contribution in [3.05, 3.63) is 83.4 Å². The first kappa shape index (κ1) is 20.0. The summed E-state index contributed by atoms with van der Waals surface area (Å²) in [5.74, 6) is 2.12. The molecule has 0 amide bonds. The van der Waals surface area contributed by atoms with E-state index >= 15 is 0 Å². The second-order valence-corrected chi connectivity index (χ2v) is 9.28. The molecule has 0 spiro atoms. The molecule has 1 heterocycles. The van der Waals surface area contributed by atoms with E-state index in [0.29, 0.717) is 0 Å². The lowest BCUT2D eigenvalue weighted by Crippen LogP contribution is -2.14. The standard InChI is InChI=1S/C25H24N2S2/c1-17-9-7-10-18(2)22(17)26-24-25(29-16-15-28-24)27-23-19(3)11-8-14-21(23)20-12-5-4-6-13-20/h4-14H,15-16H2,1-3H3. The number of para-hydroxylation sites is 2. The van der Waals surface area contributed by atoms with E-state index in [-0.39, 0.29) is 0 Å². The predicted molar refractivity (Wildman–Crippen MR) is 132 cm³/mol. The first-order valence-corrected chi connectivity index (χ1v) is 11.7. The number of aryl methyl sites for hydroxylation is 3. The summed E-state index contributed by atoms with van der Waals surface area (Å²) in [5.41, 5.74) is 8.05. The maximum Gasteiger partial charge on any atom is 0.129 e. The Labute approximate surface area is 181 Å². The number of thioether (sulfide) groups is 2. The van der Waals surface area contributed by atoms with Crippen molar-refractivity contribution in [2.24, 2.45) is 9.98 Å². The zero-order chi connectivity index (χ0) is 20.2. The van der Waals surface area contributed by atoms with Crippen LogP contribution < -0.4 is 0 Å². The van der Waals surface area contributed by atoms with E-state index < -0.39 is 0 Å².